The van der Waals surface area contributed by atoms with Gasteiger partial charge >= 0.3 is 12.1 Å². The molecule has 2 saturated heterocycles. The maximum atomic E-state index is 12.0. The van der Waals surface area contributed by atoms with Gasteiger partial charge in [-0.3, -0.25) is 9.59 Å². The van der Waals surface area contributed by atoms with Crippen LogP contribution in [0.2, 0.25) is 0 Å². The molecule has 2 aliphatic heterocycles. The standard InChI is InChI=1S/C13H18F3NO4/c14-13(15,16)7-21-6-11(18)17-9-1-2-10(17)4-8(3-9)5-12(19)20/h8-10H,1-7H2,(H,19,20). The van der Waals surface area contributed by atoms with E-state index in [9.17, 15) is 22.8 Å². The molecule has 2 atom stereocenters. The minimum atomic E-state index is -4.44. The van der Waals surface area contributed by atoms with Gasteiger partial charge in [-0.2, -0.15) is 13.2 Å². The van der Waals surface area contributed by atoms with Crippen molar-refractivity contribution in [2.24, 2.45) is 5.92 Å². The van der Waals surface area contributed by atoms with E-state index in [4.69, 9.17) is 5.11 Å². The Labute approximate surface area is 120 Å². The molecule has 2 aliphatic rings. The topological polar surface area (TPSA) is 66.8 Å². The zero-order valence-electron chi connectivity index (χ0n) is 11.4. The Hall–Kier alpha value is -1.31. The molecule has 8 heteroatoms. The van der Waals surface area contributed by atoms with E-state index >= 15 is 0 Å². The highest BCUT2D eigenvalue weighted by molar-refractivity contribution is 5.78. The number of hydrogen-bond donors (Lipinski definition) is 1. The van der Waals surface area contributed by atoms with E-state index in [0.29, 0.717) is 12.8 Å². The second kappa shape index (κ2) is 6.21. The molecule has 0 aliphatic carbocycles. The molecular formula is C13H18F3NO4. The number of carbonyl (C=O) groups is 2. The molecule has 1 N–H and O–H groups in total. The van der Waals surface area contributed by atoms with Crippen molar-refractivity contribution in [1.29, 1.82) is 0 Å². The number of piperidine rings is 1. The zero-order chi connectivity index (χ0) is 15.6. The lowest BCUT2D eigenvalue weighted by Gasteiger charge is -2.38. The fraction of sp³-hybridized carbons (Fsp3) is 0.846. The van der Waals surface area contributed by atoms with Crippen LogP contribution in [0.15, 0.2) is 0 Å². The number of carbonyl (C=O) groups excluding carboxylic acids is 1. The van der Waals surface area contributed by atoms with Crippen LogP contribution in [0, 0.1) is 5.92 Å². The fourth-order valence-corrected chi connectivity index (χ4v) is 3.44. The van der Waals surface area contributed by atoms with E-state index < -0.39 is 31.3 Å². The number of fused-ring (bicyclic) bond motifs is 2. The maximum absolute atomic E-state index is 12.0. The molecule has 5 nitrogen and oxygen atoms in total. The molecule has 0 radical (unpaired) electrons. The van der Waals surface area contributed by atoms with Crippen molar-refractivity contribution in [3.05, 3.63) is 0 Å². The molecule has 2 heterocycles. The molecule has 2 bridgehead atoms. The largest absolute Gasteiger partial charge is 0.481 e. The fourth-order valence-electron chi connectivity index (χ4n) is 3.44. The van der Waals surface area contributed by atoms with E-state index in [1.54, 1.807) is 4.90 Å². The van der Waals surface area contributed by atoms with Crippen LogP contribution < -0.4 is 0 Å². The van der Waals surface area contributed by atoms with Crippen molar-refractivity contribution in [3.8, 4) is 0 Å². The summed E-state index contributed by atoms with van der Waals surface area (Å²) in [6.45, 7) is -2.00. The molecule has 0 aromatic heterocycles. The lowest BCUT2D eigenvalue weighted by Crippen LogP contribution is -2.48. The Balaban J connectivity index is 1.85. The van der Waals surface area contributed by atoms with Gasteiger partial charge in [0.2, 0.25) is 5.91 Å². The predicted octanol–water partition coefficient (Wildman–Crippen LogP) is 1.81. The number of nitrogens with zero attached hydrogens (tertiary/aromatic N) is 1. The monoisotopic (exact) mass is 309 g/mol. The van der Waals surface area contributed by atoms with Crippen LogP contribution in [0.4, 0.5) is 13.2 Å². The summed E-state index contributed by atoms with van der Waals surface area (Å²) < 4.78 is 40.4. The van der Waals surface area contributed by atoms with E-state index in [0.717, 1.165) is 12.8 Å². The normalized spacial score (nSPS) is 28.7. The SMILES string of the molecule is O=C(O)CC1CC2CCC(C1)N2C(=O)COCC(F)(F)F. The Morgan fingerprint density at radius 2 is 1.76 bits per heavy atom. The van der Waals surface area contributed by atoms with Gasteiger partial charge in [0.05, 0.1) is 0 Å². The summed E-state index contributed by atoms with van der Waals surface area (Å²) in [6.07, 6.45) is -1.58. The number of alkyl halides is 3. The zero-order valence-corrected chi connectivity index (χ0v) is 11.4. The summed E-state index contributed by atoms with van der Waals surface area (Å²) >= 11 is 0. The van der Waals surface area contributed by atoms with Gasteiger partial charge in [-0.25, -0.2) is 0 Å². The van der Waals surface area contributed by atoms with Gasteiger partial charge in [-0.15, -0.1) is 0 Å². The Bertz CT molecular complexity index is 399. The Morgan fingerprint density at radius 3 is 2.24 bits per heavy atom. The average molecular weight is 309 g/mol. The van der Waals surface area contributed by atoms with Gasteiger partial charge in [-0.05, 0) is 31.6 Å². The molecule has 2 unspecified atom stereocenters. The summed E-state index contributed by atoms with van der Waals surface area (Å²) in [6, 6.07) is -0.120. The molecule has 0 aromatic carbocycles. The van der Waals surface area contributed by atoms with E-state index in [2.05, 4.69) is 4.74 Å². The number of ether oxygens (including phenoxy) is 1. The van der Waals surface area contributed by atoms with Crippen molar-refractivity contribution < 1.29 is 32.6 Å². The molecule has 2 fully saturated rings. The Kier molecular flexibility index (Phi) is 4.75. The molecule has 120 valence electrons. The lowest BCUT2D eigenvalue weighted by molar-refractivity contribution is -0.179. The van der Waals surface area contributed by atoms with Crippen molar-refractivity contribution in [2.75, 3.05) is 13.2 Å². The summed E-state index contributed by atoms with van der Waals surface area (Å²) in [7, 11) is 0. The number of carboxylic acids is 1. The molecule has 2 rings (SSSR count). The third-order valence-corrected chi connectivity index (χ3v) is 4.07. The van der Waals surface area contributed by atoms with Crippen LogP contribution >= 0.6 is 0 Å². The van der Waals surface area contributed by atoms with Gasteiger partial charge < -0.3 is 14.7 Å². The first-order chi connectivity index (χ1) is 9.76. The van der Waals surface area contributed by atoms with Crippen LogP contribution in [0.25, 0.3) is 0 Å². The maximum Gasteiger partial charge on any atom is 0.411 e. The number of aliphatic carboxylic acids is 1. The quantitative estimate of drug-likeness (QED) is 0.841. The number of amides is 1. The molecule has 21 heavy (non-hydrogen) atoms. The van der Waals surface area contributed by atoms with Crippen LogP contribution in [0.5, 0.6) is 0 Å². The Morgan fingerprint density at radius 1 is 1.19 bits per heavy atom. The predicted molar refractivity (Wildman–Crippen MR) is 65.5 cm³/mol. The summed E-state index contributed by atoms with van der Waals surface area (Å²) in [4.78, 5) is 24.3. The molecule has 0 spiro atoms. The highest BCUT2D eigenvalue weighted by Crippen LogP contribution is 2.39. The first kappa shape index (κ1) is 16.1. The summed E-state index contributed by atoms with van der Waals surface area (Å²) in [5.74, 6) is -1.24. The highest BCUT2D eigenvalue weighted by atomic mass is 19.4. The third kappa shape index (κ3) is 4.33. The van der Waals surface area contributed by atoms with Crippen molar-refractivity contribution in [3.63, 3.8) is 0 Å². The number of halogens is 3. The highest BCUT2D eigenvalue weighted by Gasteiger charge is 2.43. The van der Waals surface area contributed by atoms with Gasteiger partial charge in [0.15, 0.2) is 0 Å². The van der Waals surface area contributed by atoms with Crippen LogP contribution in [-0.4, -0.2) is 53.4 Å². The summed E-state index contributed by atoms with van der Waals surface area (Å²) in [5, 5.41) is 8.82. The van der Waals surface area contributed by atoms with Crippen molar-refractivity contribution in [1.82, 2.24) is 4.90 Å². The second-order valence-corrected chi connectivity index (χ2v) is 5.73. The van der Waals surface area contributed by atoms with Gasteiger partial charge in [0, 0.05) is 18.5 Å². The second-order valence-electron chi connectivity index (χ2n) is 5.73. The van der Waals surface area contributed by atoms with Crippen molar-refractivity contribution in [2.45, 2.75) is 50.4 Å². The van der Waals surface area contributed by atoms with Crippen molar-refractivity contribution >= 4 is 11.9 Å². The summed E-state index contributed by atoms with van der Waals surface area (Å²) in [5.41, 5.74) is 0. The van der Waals surface area contributed by atoms with E-state index in [1.807, 2.05) is 0 Å². The molecule has 0 aromatic rings. The number of hydrogen-bond acceptors (Lipinski definition) is 3. The van der Waals surface area contributed by atoms with Gasteiger partial charge in [0.1, 0.15) is 13.2 Å². The lowest BCUT2D eigenvalue weighted by atomic mass is 9.88. The van der Waals surface area contributed by atoms with Gasteiger partial charge in [0.25, 0.3) is 0 Å². The van der Waals surface area contributed by atoms with E-state index in [-0.39, 0.29) is 24.4 Å². The first-order valence-electron chi connectivity index (χ1n) is 6.93. The van der Waals surface area contributed by atoms with Crippen LogP contribution in [0.1, 0.15) is 32.1 Å². The first-order valence-corrected chi connectivity index (χ1v) is 6.93. The third-order valence-electron chi connectivity index (χ3n) is 4.07. The molecule has 0 saturated carbocycles. The molecule has 1 amide bonds. The minimum Gasteiger partial charge on any atom is -0.481 e. The number of carboxylic acid groups (broad SMARTS) is 1. The average Bonchev–Trinajstić information content (AvgIpc) is 2.59. The smallest absolute Gasteiger partial charge is 0.411 e. The van der Waals surface area contributed by atoms with E-state index in [1.165, 1.54) is 0 Å². The minimum absolute atomic E-state index is 0.0418. The van der Waals surface area contributed by atoms with Crippen LogP contribution in [-0.2, 0) is 14.3 Å². The van der Waals surface area contributed by atoms with Gasteiger partial charge in [-0.1, -0.05) is 0 Å². The van der Waals surface area contributed by atoms with Crippen LogP contribution in [0.3, 0.4) is 0 Å². The number of rotatable bonds is 5. The molecular weight excluding hydrogens is 291 g/mol.